The minimum absolute atomic E-state index is 0.00265. The van der Waals surface area contributed by atoms with E-state index in [9.17, 15) is 22.8 Å². The van der Waals surface area contributed by atoms with Crippen LogP contribution in [0.5, 0.6) is 0 Å². The highest BCUT2D eigenvalue weighted by molar-refractivity contribution is 9.10. The van der Waals surface area contributed by atoms with Crippen molar-refractivity contribution in [2.45, 2.75) is 44.7 Å². The van der Waals surface area contributed by atoms with Crippen LogP contribution in [0, 0.1) is 11.8 Å². The van der Waals surface area contributed by atoms with Crippen molar-refractivity contribution < 1.29 is 22.8 Å². The zero-order valence-corrected chi connectivity index (χ0v) is 19.0. The summed E-state index contributed by atoms with van der Waals surface area (Å²) in [5.41, 5.74) is -0.850. The fourth-order valence-electron chi connectivity index (χ4n) is 4.31. The molecule has 31 heavy (non-hydrogen) atoms. The van der Waals surface area contributed by atoms with Crippen molar-refractivity contribution in [1.82, 2.24) is 15.5 Å². The summed E-state index contributed by atoms with van der Waals surface area (Å²) in [5.74, 6) is 0.162. The van der Waals surface area contributed by atoms with Crippen molar-refractivity contribution >= 4 is 27.7 Å². The summed E-state index contributed by atoms with van der Waals surface area (Å²) in [6.45, 7) is 3.68. The number of rotatable bonds is 7. The standard InChI is InChI=1S/C22H29BrF3N3O2/c23-19-12-17(11-18(13-19)22(24,25)26)21(31)28-14-15-5-8-29(9-6-15)10-7-27-20(30)16-3-1-2-4-16/h11-13,15-16H,1-10,14H2,(H,27,30)(H,28,31). The molecule has 1 aliphatic carbocycles. The van der Waals surface area contributed by atoms with Gasteiger partial charge in [0.2, 0.25) is 5.91 Å². The van der Waals surface area contributed by atoms with Gasteiger partial charge in [-0.15, -0.1) is 0 Å². The van der Waals surface area contributed by atoms with Crippen molar-refractivity contribution in [3.8, 4) is 0 Å². The van der Waals surface area contributed by atoms with Gasteiger partial charge in [-0.1, -0.05) is 28.8 Å². The minimum Gasteiger partial charge on any atom is -0.355 e. The quantitative estimate of drug-likeness (QED) is 0.585. The van der Waals surface area contributed by atoms with E-state index >= 15 is 0 Å². The molecular weight excluding hydrogens is 475 g/mol. The summed E-state index contributed by atoms with van der Waals surface area (Å²) in [7, 11) is 0. The van der Waals surface area contributed by atoms with Crippen LogP contribution < -0.4 is 10.6 Å². The van der Waals surface area contributed by atoms with Gasteiger partial charge < -0.3 is 15.5 Å². The van der Waals surface area contributed by atoms with E-state index in [0.717, 1.165) is 70.3 Å². The number of hydrogen-bond acceptors (Lipinski definition) is 3. The van der Waals surface area contributed by atoms with E-state index in [1.54, 1.807) is 0 Å². The maximum Gasteiger partial charge on any atom is 0.416 e. The first-order valence-electron chi connectivity index (χ1n) is 10.9. The molecule has 2 N–H and O–H groups in total. The molecule has 0 atom stereocenters. The minimum atomic E-state index is -4.50. The number of carbonyl (C=O) groups excluding carboxylic acids is 2. The smallest absolute Gasteiger partial charge is 0.355 e. The van der Waals surface area contributed by atoms with Gasteiger partial charge >= 0.3 is 6.18 Å². The summed E-state index contributed by atoms with van der Waals surface area (Å²) in [6, 6.07) is 3.23. The van der Waals surface area contributed by atoms with Gasteiger partial charge in [-0.05, 0) is 62.9 Å². The van der Waals surface area contributed by atoms with Gasteiger partial charge in [-0.3, -0.25) is 9.59 Å². The molecule has 1 aromatic carbocycles. The largest absolute Gasteiger partial charge is 0.416 e. The molecule has 2 fully saturated rings. The van der Waals surface area contributed by atoms with E-state index in [-0.39, 0.29) is 21.9 Å². The number of nitrogens with zero attached hydrogens (tertiary/aromatic N) is 1. The highest BCUT2D eigenvalue weighted by Crippen LogP contribution is 2.32. The molecule has 0 aromatic heterocycles. The first-order valence-corrected chi connectivity index (χ1v) is 11.7. The SMILES string of the molecule is O=C(NCC1CCN(CCNC(=O)C2CCCC2)CC1)c1cc(Br)cc(C(F)(F)F)c1. The van der Waals surface area contributed by atoms with Crippen LogP contribution in [0.3, 0.4) is 0 Å². The van der Waals surface area contributed by atoms with Crippen LogP contribution in [0.15, 0.2) is 22.7 Å². The third kappa shape index (κ3) is 7.20. The molecule has 0 radical (unpaired) electrons. The first-order chi connectivity index (χ1) is 14.7. The van der Waals surface area contributed by atoms with Crippen molar-refractivity contribution in [2.24, 2.45) is 11.8 Å². The number of halogens is 4. The van der Waals surface area contributed by atoms with E-state index in [4.69, 9.17) is 0 Å². The molecule has 1 saturated heterocycles. The normalized spacial score (nSPS) is 18.8. The lowest BCUT2D eigenvalue weighted by Crippen LogP contribution is -2.42. The topological polar surface area (TPSA) is 61.4 Å². The lowest BCUT2D eigenvalue weighted by atomic mass is 9.96. The van der Waals surface area contributed by atoms with Gasteiger partial charge in [0.25, 0.3) is 5.91 Å². The molecule has 5 nitrogen and oxygen atoms in total. The molecule has 2 aliphatic rings. The van der Waals surface area contributed by atoms with E-state index in [1.165, 1.54) is 6.07 Å². The lowest BCUT2D eigenvalue weighted by Gasteiger charge is -2.32. The number of likely N-dealkylation sites (tertiary alicyclic amines) is 1. The Bertz CT molecular complexity index is 774. The Hall–Kier alpha value is -1.61. The summed E-state index contributed by atoms with van der Waals surface area (Å²) >= 11 is 3.04. The highest BCUT2D eigenvalue weighted by Gasteiger charge is 2.31. The maximum absolute atomic E-state index is 13.0. The fraction of sp³-hybridized carbons (Fsp3) is 0.636. The second kappa shape index (κ2) is 10.8. The third-order valence-corrected chi connectivity index (χ3v) is 6.66. The predicted molar refractivity (Wildman–Crippen MR) is 116 cm³/mol. The number of hydrogen-bond donors (Lipinski definition) is 2. The molecule has 172 valence electrons. The average molecular weight is 504 g/mol. The van der Waals surface area contributed by atoms with Crippen molar-refractivity contribution in [1.29, 1.82) is 0 Å². The lowest BCUT2D eigenvalue weighted by molar-refractivity contribution is -0.137. The number of benzene rings is 1. The van der Waals surface area contributed by atoms with E-state index in [1.807, 2.05) is 0 Å². The van der Waals surface area contributed by atoms with Crippen molar-refractivity contribution in [3.63, 3.8) is 0 Å². The van der Waals surface area contributed by atoms with E-state index in [2.05, 4.69) is 31.5 Å². The van der Waals surface area contributed by atoms with Crippen LogP contribution in [0.2, 0.25) is 0 Å². The van der Waals surface area contributed by atoms with Crippen LogP contribution in [0.4, 0.5) is 13.2 Å². The van der Waals surface area contributed by atoms with Crippen LogP contribution in [0.1, 0.15) is 54.4 Å². The average Bonchev–Trinajstić information content (AvgIpc) is 3.27. The van der Waals surface area contributed by atoms with Crippen LogP contribution in [-0.4, -0.2) is 49.4 Å². The number of alkyl halides is 3. The van der Waals surface area contributed by atoms with Crippen LogP contribution in [0.25, 0.3) is 0 Å². The fourth-order valence-corrected chi connectivity index (χ4v) is 4.80. The summed E-state index contributed by atoms with van der Waals surface area (Å²) in [5, 5.41) is 5.82. The monoisotopic (exact) mass is 503 g/mol. The molecule has 1 saturated carbocycles. The zero-order valence-electron chi connectivity index (χ0n) is 17.4. The van der Waals surface area contributed by atoms with Gasteiger partial charge in [-0.25, -0.2) is 0 Å². The van der Waals surface area contributed by atoms with Gasteiger partial charge in [-0.2, -0.15) is 13.2 Å². The molecule has 1 aliphatic heterocycles. The molecule has 3 rings (SSSR count). The van der Waals surface area contributed by atoms with E-state index in [0.29, 0.717) is 19.0 Å². The molecule has 0 spiro atoms. The van der Waals surface area contributed by atoms with Gasteiger partial charge in [0, 0.05) is 35.6 Å². The summed E-state index contributed by atoms with van der Waals surface area (Å²) < 4.78 is 39.1. The van der Waals surface area contributed by atoms with Gasteiger partial charge in [0.05, 0.1) is 5.56 Å². The Morgan fingerprint density at radius 3 is 2.35 bits per heavy atom. The van der Waals surface area contributed by atoms with Crippen molar-refractivity contribution in [2.75, 3.05) is 32.7 Å². The Balaban J connectivity index is 1.37. The Morgan fingerprint density at radius 1 is 1.03 bits per heavy atom. The zero-order chi connectivity index (χ0) is 22.4. The molecule has 9 heteroatoms. The Kier molecular flexibility index (Phi) is 8.38. The van der Waals surface area contributed by atoms with Gasteiger partial charge in [0.15, 0.2) is 0 Å². The Labute approximate surface area is 189 Å². The number of nitrogens with one attached hydrogen (secondary N) is 2. The molecule has 0 bridgehead atoms. The van der Waals surface area contributed by atoms with Crippen LogP contribution in [-0.2, 0) is 11.0 Å². The molecular formula is C22H29BrF3N3O2. The van der Waals surface area contributed by atoms with Crippen molar-refractivity contribution in [3.05, 3.63) is 33.8 Å². The molecule has 0 unspecified atom stereocenters. The highest BCUT2D eigenvalue weighted by atomic mass is 79.9. The molecule has 2 amide bonds. The number of carbonyl (C=O) groups is 2. The predicted octanol–water partition coefficient (Wildman–Crippen LogP) is 4.22. The third-order valence-electron chi connectivity index (χ3n) is 6.20. The molecule has 1 aromatic rings. The van der Waals surface area contributed by atoms with E-state index < -0.39 is 17.6 Å². The number of piperidine rings is 1. The first kappa shape index (κ1) is 24.0. The summed E-state index contributed by atoms with van der Waals surface area (Å²) in [6.07, 6.45) is 1.61. The molecule has 1 heterocycles. The van der Waals surface area contributed by atoms with Crippen LogP contribution >= 0.6 is 15.9 Å². The second-order valence-corrected chi connectivity index (χ2v) is 9.41. The Morgan fingerprint density at radius 2 is 1.71 bits per heavy atom. The van der Waals surface area contributed by atoms with Gasteiger partial charge in [0.1, 0.15) is 0 Å². The number of amides is 2. The summed E-state index contributed by atoms with van der Waals surface area (Å²) in [4.78, 5) is 26.7. The maximum atomic E-state index is 13.0. The second-order valence-electron chi connectivity index (χ2n) is 8.49.